The Hall–Kier alpha value is -2.29. The van der Waals surface area contributed by atoms with Gasteiger partial charge in [0.05, 0.1) is 23.4 Å². The van der Waals surface area contributed by atoms with Gasteiger partial charge in [-0.3, -0.25) is 9.59 Å². The van der Waals surface area contributed by atoms with Crippen molar-refractivity contribution in [1.29, 1.82) is 0 Å². The average molecular weight is 489 g/mol. The summed E-state index contributed by atoms with van der Waals surface area (Å²) in [5.41, 5.74) is 0.198. The molecule has 2 rings (SSSR count). The number of halogens is 2. The number of esters is 2. The number of hydrogen-bond acceptors (Lipinski definition) is 7. The van der Waals surface area contributed by atoms with Crippen LogP contribution in [0.5, 0.6) is 5.75 Å². The molecule has 10 heteroatoms. The molecule has 1 unspecified atom stereocenters. The van der Waals surface area contributed by atoms with E-state index in [-0.39, 0.29) is 39.5 Å². The Balaban J connectivity index is 2.61. The first-order chi connectivity index (χ1) is 14.6. The van der Waals surface area contributed by atoms with Gasteiger partial charge >= 0.3 is 11.9 Å². The highest BCUT2D eigenvalue weighted by Gasteiger charge is 2.39. The van der Waals surface area contributed by atoms with Gasteiger partial charge in [0.15, 0.2) is 15.8 Å². The lowest BCUT2D eigenvalue weighted by Crippen LogP contribution is -2.31. The molecule has 0 aliphatic carbocycles. The fourth-order valence-electron chi connectivity index (χ4n) is 2.99. The van der Waals surface area contributed by atoms with E-state index in [4.69, 9.17) is 32.7 Å². The van der Waals surface area contributed by atoms with E-state index in [2.05, 4.69) is 0 Å². The summed E-state index contributed by atoms with van der Waals surface area (Å²) >= 11 is 12.2. The van der Waals surface area contributed by atoms with Gasteiger partial charge in [-0.1, -0.05) is 23.2 Å². The highest BCUT2D eigenvalue weighted by Crippen LogP contribution is 2.37. The van der Waals surface area contributed by atoms with Crippen LogP contribution in [0.2, 0.25) is 10.0 Å². The molecule has 1 N–H and O–H groups in total. The first-order valence-electron chi connectivity index (χ1n) is 9.42. The van der Waals surface area contributed by atoms with E-state index in [1.807, 2.05) is 0 Å². The predicted octanol–water partition coefficient (Wildman–Crippen LogP) is 4.35. The molecule has 2 aromatic rings. The molecule has 0 saturated heterocycles. The molecule has 168 valence electrons. The van der Waals surface area contributed by atoms with Crippen molar-refractivity contribution in [2.45, 2.75) is 30.4 Å². The standard InChI is InChI=1S/C21H22Cl2O7S/c1-3-29-20(25)18(21(26)30-4-2)12-19(13-9-14(22)11-15(23)10-13)31(27,28)17-7-5-16(24)6-8-17/h5-11,18-19,24H,3-4,12H2,1-2H3. The van der Waals surface area contributed by atoms with E-state index in [0.717, 1.165) is 0 Å². The molecule has 31 heavy (non-hydrogen) atoms. The number of carbonyl (C=O) groups is 2. The van der Waals surface area contributed by atoms with Crippen molar-refractivity contribution < 1.29 is 32.6 Å². The Morgan fingerprint density at radius 3 is 1.87 bits per heavy atom. The third kappa shape index (κ3) is 6.35. The normalized spacial score (nSPS) is 12.4. The quantitative estimate of drug-likeness (QED) is 0.412. The third-order valence-corrected chi connectivity index (χ3v) is 6.97. The molecule has 0 radical (unpaired) electrons. The van der Waals surface area contributed by atoms with Gasteiger partial charge in [0.1, 0.15) is 5.75 Å². The minimum atomic E-state index is -4.14. The molecular weight excluding hydrogens is 467 g/mol. The smallest absolute Gasteiger partial charge is 0.320 e. The van der Waals surface area contributed by atoms with Crippen molar-refractivity contribution in [2.24, 2.45) is 5.92 Å². The van der Waals surface area contributed by atoms with Crippen molar-refractivity contribution in [2.75, 3.05) is 13.2 Å². The highest BCUT2D eigenvalue weighted by atomic mass is 35.5. The first-order valence-corrected chi connectivity index (χ1v) is 11.7. The van der Waals surface area contributed by atoms with E-state index in [9.17, 15) is 23.1 Å². The van der Waals surface area contributed by atoms with E-state index >= 15 is 0 Å². The number of benzene rings is 2. The molecule has 7 nitrogen and oxygen atoms in total. The molecule has 0 fully saturated rings. The van der Waals surface area contributed by atoms with Crippen molar-refractivity contribution >= 4 is 45.0 Å². The maximum Gasteiger partial charge on any atom is 0.320 e. The largest absolute Gasteiger partial charge is 0.508 e. The summed E-state index contributed by atoms with van der Waals surface area (Å²) < 4.78 is 36.9. The molecule has 0 bridgehead atoms. The van der Waals surface area contributed by atoms with E-state index < -0.39 is 39.4 Å². The van der Waals surface area contributed by atoms with Crippen molar-refractivity contribution in [3.63, 3.8) is 0 Å². The molecule has 0 saturated carbocycles. The second kappa shape index (κ2) is 10.8. The van der Waals surface area contributed by atoms with Gasteiger partial charge in [-0.25, -0.2) is 8.42 Å². The number of aromatic hydroxyl groups is 1. The maximum atomic E-state index is 13.5. The maximum absolute atomic E-state index is 13.5. The van der Waals surface area contributed by atoms with Crippen molar-refractivity contribution in [3.05, 3.63) is 58.1 Å². The van der Waals surface area contributed by atoms with Gasteiger partial charge in [0.25, 0.3) is 0 Å². The summed E-state index contributed by atoms with van der Waals surface area (Å²) in [6, 6.07) is 9.16. The van der Waals surface area contributed by atoms with Crippen molar-refractivity contribution in [1.82, 2.24) is 0 Å². The molecule has 1 atom stereocenters. The van der Waals surface area contributed by atoms with Gasteiger partial charge in [-0.05, 0) is 68.3 Å². The van der Waals surface area contributed by atoms with Crippen LogP contribution < -0.4 is 0 Å². The van der Waals surface area contributed by atoms with Crippen LogP contribution in [-0.4, -0.2) is 38.7 Å². The zero-order valence-electron chi connectivity index (χ0n) is 16.9. The Bertz CT molecular complexity index is 998. The molecule has 0 amide bonds. The summed E-state index contributed by atoms with van der Waals surface area (Å²) in [4.78, 5) is 24.8. The van der Waals surface area contributed by atoms with Crippen LogP contribution in [0.1, 0.15) is 31.1 Å². The molecule has 0 spiro atoms. The van der Waals surface area contributed by atoms with Gasteiger partial charge in [-0.2, -0.15) is 0 Å². The minimum absolute atomic E-state index is 0.00705. The van der Waals surface area contributed by atoms with Crippen LogP contribution in [-0.2, 0) is 28.9 Å². The van der Waals surface area contributed by atoms with Crippen LogP contribution >= 0.6 is 23.2 Å². The summed E-state index contributed by atoms with van der Waals surface area (Å²) in [5.74, 6) is -3.37. The van der Waals surface area contributed by atoms with E-state index in [1.165, 1.54) is 42.5 Å². The van der Waals surface area contributed by atoms with E-state index in [0.29, 0.717) is 0 Å². The third-order valence-electron chi connectivity index (χ3n) is 4.39. The number of carbonyl (C=O) groups excluding carboxylic acids is 2. The number of rotatable bonds is 9. The Labute approximate surface area is 190 Å². The van der Waals surface area contributed by atoms with Crippen LogP contribution in [0.15, 0.2) is 47.4 Å². The van der Waals surface area contributed by atoms with Gasteiger partial charge in [-0.15, -0.1) is 0 Å². The van der Waals surface area contributed by atoms with Crippen LogP contribution in [0, 0.1) is 5.92 Å². The van der Waals surface area contributed by atoms with Crippen LogP contribution in [0.25, 0.3) is 0 Å². The number of phenolic OH excluding ortho intramolecular Hbond substituents is 1. The topological polar surface area (TPSA) is 107 Å². The Morgan fingerprint density at radius 2 is 1.42 bits per heavy atom. The monoisotopic (exact) mass is 488 g/mol. The van der Waals surface area contributed by atoms with Crippen LogP contribution in [0.3, 0.4) is 0 Å². The van der Waals surface area contributed by atoms with Gasteiger partial charge in [0.2, 0.25) is 0 Å². The Kier molecular flexibility index (Phi) is 8.73. The highest BCUT2D eigenvalue weighted by molar-refractivity contribution is 7.91. The molecule has 0 aromatic heterocycles. The lowest BCUT2D eigenvalue weighted by atomic mass is 9.99. The number of sulfone groups is 1. The number of hydrogen-bond donors (Lipinski definition) is 1. The van der Waals surface area contributed by atoms with Gasteiger partial charge in [0, 0.05) is 10.0 Å². The van der Waals surface area contributed by atoms with Crippen molar-refractivity contribution in [3.8, 4) is 5.75 Å². The first kappa shape index (κ1) is 25.0. The second-order valence-electron chi connectivity index (χ2n) is 6.52. The lowest BCUT2D eigenvalue weighted by molar-refractivity contribution is -0.161. The van der Waals surface area contributed by atoms with Crippen LogP contribution in [0.4, 0.5) is 0 Å². The zero-order chi connectivity index (χ0) is 23.2. The molecule has 2 aromatic carbocycles. The van der Waals surface area contributed by atoms with E-state index in [1.54, 1.807) is 13.8 Å². The lowest BCUT2D eigenvalue weighted by Gasteiger charge is -2.23. The second-order valence-corrected chi connectivity index (χ2v) is 9.53. The SMILES string of the molecule is CCOC(=O)C(CC(c1cc(Cl)cc(Cl)c1)S(=O)(=O)c1ccc(O)cc1)C(=O)OCC. The average Bonchev–Trinajstić information content (AvgIpc) is 2.68. The molecule has 0 aliphatic rings. The summed E-state index contributed by atoms with van der Waals surface area (Å²) in [6.07, 6.45) is -0.447. The Morgan fingerprint density at radius 1 is 0.935 bits per heavy atom. The molecule has 0 aliphatic heterocycles. The fourth-order valence-corrected chi connectivity index (χ4v) is 5.32. The number of ether oxygens (including phenoxy) is 2. The summed E-state index contributed by atoms with van der Waals surface area (Å²) in [5, 5.41) is 8.52. The zero-order valence-corrected chi connectivity index (χ0v) is 19.2. The minimum Gasteiger partial charge on any atom is -0.508 e. The van der Waals surface area contributed by atoms with Gasteiger partial charge < -0.3 is 14.6 Å². The molecule has 0 heterocycles. The number of phenols is 1. The predicted molar refractivity (Wildman–Crippen MR) is 116 cm³/mol. The molecular formula is C21H22Cl2O7S. The summed E-state index contributed by atoms with van der Waals surface area (Å²) in [6.45, 7) is 3.16. The summed E-state index contributed by atoms with van der Waals surface area (Å²) in [7, 11) is -4.14. The fraction of sp³-hybridized carbons (Fsp3) is 0.333.